The molecule has 4 aliphatic carbocycles. The van der Waals surface area contributed by atoms with Crippen LogP contribution >= 0.6 is 0 Å². The van der Waals surface area contributed by atoms with Gasteiger partial charge in [0.15, 0.2) is 0 Å². The fourth-order valence-electron chi connectivity index (χ4n) is 5.81. The van der Waals surface area contributed by atoms with Gasteiger partial charge in [0.2, 0.25) is 11.8 Å². The molecule has 4 nitrogen and oxygen atoms in total. The van der Waals surface area contributed by atoms with Crippen molar-refractivity contribution in [2.24, 2.45) is 28.9 Å². The maximum absolute atomic E-state index is 13.9. The van der Waals surface area contributed by atoms with Gasteiger partial charge in [-0.15, -0.1) is 0 Å². The minimum Gasteiger partial charge on any atom is -0.368 e. The summed E-state index contributed by atoms with van der Waals surface area (Å²) in [6, 6.07) is 5.44. The predicted molar refractivity (Wildman–Crippen MR) is 91.8 cm³/mol. The molecule has 0 heterocycles. The molecule has 1 aromatic carbocycles. The number of carbonyl (C=O) groups excluding carboxylic acids is 2. The van der Waals surface area contributed by atoms with Gasteiger partial charge in [0, 0.05) is 11.8 Å². The third-order valence-electron chi connectivity index (χ3n) is 6.55. The van der Waals surface area contributed by atoms with Crippen LogP contribution in [0.2, 0.25) is 0 Å². The molecule has 0 radical (unpaired) electrons. The van der Waals surface area contributed by atoms with E-state index in [1.54, 1.807) is 18.2 Å². The smallest absolute Gasteiger partial charge is 0.240 e. The summed E-state index contributed by atoms with van der Waals surface area (Å²) in [5.41, 5.74) is 5.56. The zero-order valence-electron chi connectivity index (χ0n) is 14.3. The van der Waals surface area contributed by atoms with Gasteiger partial charge in [0.1, 0.15) is 11.9 Å². The van der Waals surface area contributed by atoms with Crippen molar-refractivity contribution < 1.29 is 14.0 Å². The zero-order valence-corrected chi connectivity index (χ0v) is 14.3. The Morgan fingerprint density at radius 1 is 1.12 bits per heavy atom. The first-order valence-corrected chi connectivity index (χ1v) is 9.29. The summed E-state index contributed by atoms with van der Waals surface area (Å²) in [5, 5.41) is 2.87. The molecule has 5 heteroatoms. The highest BCUT2D eigenvalue weighted by Crippen LogP contribution is 2.60. The fourth-order valence-corrected chi connectivity index (χ4v) is 5.81. The third kappa shape index (κ3) is 3.05. The minimum atomic E-state index is -0.864. The van der Waals surface area contributed by atoms with E-state index in [0.717, 1.165) is 19.3 Å². The second kappa shape index (κ2) is 6.11. The second-order valence-corrected chi connectivity index (χ2v) is 8.42. The van der Waals surface area contributed by atoms with Crippen molar-refractivity contribution in [1.29, 1.82) is 0 Å². The molecule has 1 aromatic rings. The van der Waals surface area contributed by atoms with E-state index in [4.69, 9.17) is 5.73 Å². The average Bonchev–Trinajstić information content (AvgIpc) is 2.54. The first kappa shape index (κ1) is 16.6. The highest BCUT2D eigenvalue weighted by molar-refractivity contribution is 5.89. The van der Waals surface area contributed by atoms with E-state index in [-0.39, 0.29) is 23.6 Å². The maximum Gasteiger partial charge on any atom is 0.240 e. The SMILES string of the molecule is NC(=O)[C@H](Cc1ccccc1F)NC(=O)C12CC3CC(CC(C3)C1)C2. The van der Waals surface area contributed by atoms with Crippen molar-refractivity contribution in [3.63, 3.8) is 0 Å². The Bertz CT molecular complexity index is 667. The molecular formula is C20H25FN2O2. The summed E-state index contributed by atoms with van der Waals surface area (Å²) < 4.78 is 13.9. The van der Waals surface area contributed by atoms with E-state index >= 15 is 0 Å². The van der Waals surface area contributed by atoms with Crippen molar-refractivity contribution in [3.05, 3.63) is 35.6 Å². The van der Waals surface area contributed by atoms with Crippen molar-refractivity contribution in [1.82, 2.24) is 5.32 Å². The Balaban J connectivity index is 1.50. The van der Waals surface area contributed by atoms with Crippen LogP contribution in [0.4, 0.5) is 4.39 Å². The van der Waals surface area contributed by atoms with E-state index in [1.165, 1.54) is 25.3 Å². The largest absolute Gasteiger partial charge is 0.368 e. The number of hydrogen-bond donors (Lipinski definition) is 2. The molecule has 5 rings (SSSR count). The molecule has 4 saturated carbocycles. The number of carbonyl (C=O) groups is 2. The summed E-state index contributed by atoms with van der Waals surface area (Å²) in [6.45, 7) is 0. The summed E-state index contributed by atoms with van der Waals surface area (Å²) in [6.07, 6.45) is 6.63. The number of nitrogens with two attached hydrogens (primary N) is 1. The predicted octanol–water partition coefficient (Wildman–Crippen LogP) is 2.55. The first-order chi connectivity index (χ1) is 11.9. The molecule has 0 aromatic heterocycles. The van der Waals surface area contributed by atoms with Crippen molar-refractivity contribution in [2.45, 2.75) is 51.0 Å². The highest BCUT2D eigenvalue weighted by Gasteiger charge is 2.54. The number of amides is 2. The Labute approximate surface area is 147 Å². The van der Waals surface area contributed by atoms with Crippen LogP contribution in [0.5, 0.6) is 0 Å². The Kier molecular flexibility index (Phi) is 4.05. The van der Waals surface area contributed by atoms with Crippen LogP contribution in [0.3, 0.4) is 0 Å². The van der Waals surface area contributed by atoms with E-state index in [1.807, 2.05) is 0 Å². The molecule has 25 heavy (non-hydrogen) atoms. The van der Waals surface area contributed by atoms with Gasteiger partial charge in [0.25, 0.3) is 0 Å². The number of halogens is 1. The van der Waals surface area contributed by atoms with Gasteiger partial charge in [-0.2, -0.15) is 0 Å². The van der Waals surface area contributed by atoms with Gasteiger partial charge in [0.05, 0.1) is 0 Å². The van der Waals surface area contributed by atoms with Gasteiger partial charge in [-0.05, 0) is 67.9 Å². The number of rotatable bonds is 5. The van der Waals surface area contributed by atoms with Crippen LogP contribution in [-0.4, -0.2) is 17.9 Å². The Hall–Kier alpha value is -1.91. The minimum absolute atomic E-state index is 0.0493. The summed E-state index contributed by atoms with van der Waals surface area (Å²) in [4.78, 5) is 24.9. The second-order valence-electron chi connectivity index (χ2n) is 8.42. The van der Waals surface area contributed by atoms with Gasteiger partial charge in [-0.3, -0.25) is 9.59 Å². The van der Waals surface area contributed by atoms with Crippen LogP contribution in [0, 0.1) is 29.0 Å². The Morgan fingerprint density at radius 3 is 2.20 bits per heavy atom. The molecule has 1 atom stereocenters. The van der Waals surface area contributed by atoms with Crippen molar-refractivity contribution in [2.75, 3.05) is 0 Å². The van der Waals surface area contributed by atoms with E-state index in [2.05, 4.69) is 5.32 Å². The van der Waals surface area contributed by atoms with Crippen molar-refractivity contribution >= 4 is 11.8 Å². The van der Waals surface area contributed by atoms with E-state index in [0.29, 0.717) is 23.3 Å². The summed E-state index contributed by atoms with van der Waals surface area (Å²) in [7, 11) is 0. The van der Waals surface area contributed by atoms with Gasteiger partial charge in [-0.1, -0.05) is 18.2 Å². The van der Waals surface area contributed by atoms with Crippen LogP contribution in [0.25, 0.3) is 0 Å². The molecular weight excluding hydrogens is 319 g/mol. The van der Waals surface area contributed by atoms with Gasteiger partial charge in [-0.25, -0.2) is 4.39 Å². The molecule has 134 valence electrons. The molecule has 0 saturated heterocycles. The summed E-state index contributed by atoms with van der Waals surface area (Å²) >= 11 is 0. The molecule has 4 aliphatic rings. The van der Waals surface area contributed by atoms with Gasteiger partial charge < -0.3 is 11.1 Å². The lowest BCUT2D eigenvalue weighted by Crippen LogP contribution is -2.57. The van der Waals surface area contributed by atoms with Crippen molar-refractivity contribution in [3.8, 4) is 0 Å². The standard InChI is InChI=1S/C20H25FN2O2/c21-16-4-2-1-3-15(16)8-17(18(22)24)23-19(25)20-9-12-5-13(10-20)7-14(6-12)11-20/h1-4,12-14,17H,5-11H2,(H2,22,24)(H,23,25)/t12?,13?,14?,17-,20?/m0/s1. The quantitative estimate of drug-likeness (QED) is 0.862. The molecule has 0 aliphatic heterocycles. The third-order valence-corrected chi connectivity index (χ3v) is 6.55. The normalized spacial score (nSPS) is 33.9. The lowest BCUT2D eigenvalue weighted by molar-refractivity contribution is -0.148. The van der Waals surface area contributed by atoms with Crippen LogP contribution in [-0.2, 0) is 16.0 Å². The molecule has 0 unspecified atom stereocenters. The zero-order chi connectivity index (χ0) is 17.6. The molecule has 3 N–H and O–H groups in total. The molecule has 0 spiro atoms. The highest BCUT2D eigenvalue weighted by atomic mass is 19.1. The maximum atomic E-state index is 13.9. The molecule has 4 bridgehead atoms. The topological polar surface area (TPSA) is 72.2 Å². The fraction of sp³-hybridized carbons (Fsp3) is 0.600. The number of nitrogens with one attached hydrogen (secondary N) is 1. The lowest BCUT2D eigenvalue weighted by Gasteiger charge is -2.55. The van der Waals surface area contributed by atoms with Crippen LogP contribution in [0.1, 0.15) is 44.1 Å². The number of benzene rings is 1. The lowest BCUT2D eigenvalue weighted by atomic mass is 9.49. The van der Waals surface area contributed by atoms with Crippen LogP contribution < -0.4 is 11.1 Å². The molecule has 4 fully saturated rings. The van der Waals surface area contributed by atoms with E-state index < -0.39 is 11.9 Å². The van der Waals surface area contributed by atoms with E-state index in [9.17, 15) is 14.0 Å². The summed E-state index contributed by atoms with van der Waals surface area (Å²) in [5.74, 6) is 0.910. The average molecular weight is 344 g/mol. The monoisotopic (exact) mass is 344 g/mol. The molecule has 2 amide bonds. The first-order valence-electron chi connectivity index (χ1n) is 9.29. The number of primary amides is 1. The van der Waals surface area contributed by atoms with Crippen LogP contribution in [0.15, 0.2) is 24.3 Å². The Morgan fingerprint density at radius 2 is 1.68 bits per heavy atom. The van der Waals surface area contributed by atoms with Gasteiger partial charge >= 0.3 is 0 Å². The number of hydrogen-bond acceptors (Lipinski definition) is 2.